The predicted octanol–water partition coefficient (Wildman–Crippen LogP) is 1.58. The van der Waals surface area contributed by atoms with Crippen LogP contribution in [-0.2, 0) is 10.0 Å². The van der Waals surface area contributed by atoms with Crippen molar-refractivity contribution in [3.05, 3.63) is 29.8 Å². The molecule has 0 saturated carbocycles. The van der Waals surface area contributed by atoms with E-state index in [1.54, 1.807) is 12.1 Å². The summed E-state index contributed by atoms with van der Waals surface area (Å²) in [5.41, 5.74) is 1.05. The van der Waals surface area contributed by atoms with Crippen LogP contribution in [0.4, 0.5) is 0 Å². The van der Waals surface area contributed by atoms with Crippen LogP contribution in [-0.4, -0.2) is 55.0 Å². The van der Waals surface area contributed by atoms with E-state index in [2.05, 4.69) is 5.32 Å². The molecule has 5 nitrogen and oxygen atoms in total. The maximum absolute atomic E-state index is 12.6. The quantitative estimate of drug-likeness (QED) is 0.846. The topological polar surface area (TPSA) is 52.7 Å². The van der Waals surface area contributed by atoms with Gasteiger partial charge in [-0.15, -0.1) is 0 Å². The first-order valence-electron chi connectivity index (χ1n) is 7.43. The molecule has 1 heterocycles. The van der Waals surface area contributed by atoms with E-state index in [0.717, 1.165) is 5.56 Å². The van der Waals surface area contributed by atoms with Crippen molar-refractivity contribution in [1.82, 2.24) is 14.5 Å². The lowest BCUT2D eigenvalue weighted by molar-refractivity contribution is 0.263. The third kappa shape index (κ3) is 3.97. The number of nitrogens with zero attached hydrogens (tertiary/aromatic N) is 2. The maximum atomic E-state index is 12.6. The maximum Gasteiger partial charge on any atom is 0.243 e. The monoisotopic (exact) mass is 341 g/mol. The molecular formula is C15H23N3O2S2. The van der Waals surface area contributed by atoms with Gasteiger partial charge in [-0.3, -0.25) is 0 Å². The highest BCUT2D eigenvalue weighted by atomic mass is 32.2. The Morgan fingerprint density at radius 3 is 2.18 bits per heavy atom. The summed E-state index contributed by atoms with van der Waals surface area (Å²) in [6, 6.07) is 7.27. The molecule has 0 aliphatic carbocycles. The molecule has 0 atom stereocenters. The Labute approximate surface area is 138 Å². The lowest BCUT2D eigenvalue weighted by Crippen LogP contribution is -2.53. The summed E-state index contributed by atoms with van der Waals surface area (Å²) in [5.74, 6) is 0. The third-order valence-electron chi connectivity index (χ3n) is 3.60. The van der Waals surface area contributed by atoms with E-state index in [0.29, 0.717) is 36.2 Å². The fourth-order valence-corrected chi connectivity index (χ4v) is 4.17. The number of piperazine rings is 1. The van der Waals surface area contributed by atoms with Gasteiger partial charge in [-0.25, -0.2) is 8.42 Å². The molecule has 1 aliphatic heterocycles. The van der Waals surface area contributed by atoms with E-state index in [4.69, 9.17) is 12.2 Å². The summed E-state index contributed by atoms with van der Waals surface area (Å²) in [6.45, 7) is 8.15. The second-order valence-electron chi connectivity index (χ2n) is 5.81. The fraction of sp³-hybridized carbons (Fsp3) is 0.533. The SMILES string of the molecule is Cc1ccc(S(=O)(=O)N2CCN(C(=S)NC(C)C)CC2)cc1. The number of nitrogens with one attached hydrogen (secondary N) is 1. The van der Waals surface area contributed by atoms with Gasteiger partial charge in [0.25, 0.3) is 0 Å². The molecule has 0 bridgehead atoms. The minimum atomic E-state index is -3.41. The van der Waals surface area contributed by atoms with Crippen LogP contribution in [0.15, 0.2) is 29.2 Å². The van der Waals surface area contributed by atoms with E-state index >= 15 is 0 Å². The van der Waals surface area contributed by atoms with Crippen molar-refractivity contribution in [1.29, 1.82) is 0 Å². The first-order chi connectivity index (χ1) is 10.3. The number of thiocarbonyl (C=S) groups is 1. The summed E-state index contributed by atoms with van der Waals surface area (Å²) in [6.07, 6.45) is 0. The first-order valence-corrected chi connectivity index (χ1v) is 9.28. The molecule has 0 amide bonds. The second kappa shape index (κ2) is 6.93. The van der Waals surface area contributed by atoms with Gasteiger partial charge in [0.15, 0.2) is 5.11 Å². The molecule has 2 rings (SSSR count). The van der Waals surface area contributed by atoms with Crippen LogP contribution in [0.1, 0.15) is 19.4 Å². The number of sulfonamides is 1. The van der Waals surface area contributed by atoms with Crippen molar-refractivity contribution in [2.75, 3.05) is 26.2 Å². The van der Waals surface area contributed by atoms with Gasteiger partial charge in [0.2, 0.25) is 10.0 Å². The molecular weight excluding hydrogens is 318 g/mol. The van der Waals surface area contributed by atoms with Crippen LogP contribution < -0.4 is 5.32 Å². The van der Waals surface area contributed by atoms with Gasteiger partial charge in [0.05, 0.1) is 4.90 Å². The Balaban J connectivity index is 2.01. The normalized spacial score (nSPS) is 16.8. The van der Waals surface area contributed by atoms with Gasteiger partial charge >= 0.3 is 0 Å². The van der Waals surface area contributed by atoms with Gasteiger partial charge in [-0.05, 0) is 45.1 Å². The molecule has 1 fully saturated rings. The summed E-state index contributed by atoms with van der Waals surface area (Å²) in [5, 5.41) is 3.89. The minimum absolute atomic E-state index is 0.279. The number of rotatable bonds is 3. The van der Waals surface area contributed by atoms with Crippen molar-refractivity contribution in [3.63, 3.8) is 0 Å². The molecule has 0 unspecified atom stereocenters. The van der Waals surface area contributed by atoms with Crippen molar-refractivity contribution >= 4 is 27.4 Å². The minimum Gasteiger partial charge on any atom is -0.360 e. The van der Waals surface area contributed by atoms with Crippen LogP contribution >= 0.6 is 12.2 Å². The van der Waals surface area contributed by atoms with E-state index in [9.17, 15) is 8.42 Å². The number of aryl methyl sites for hydroxylation is 1. The second-order valence-corrected chi connectivity index (χ2v) is 8.13. The zero-order chi connectivity index (χ0) is 16.3. The Morgan fingerprint density at radius 2 is 1.68 bits per heavy atom. The Hall–Kier alpha value is -1.18. The molecule has 1 N–H and O–H groups in total. The number of hydrogen-bond donors (Lipinski definition) is 1. The van der Waals surface area contributed by atoms with Gasteiger partial charge in [-0.2, -0.15) is 4.31 Å². The molecule has 1 saturated heterocycles. The number of benzene rings is 1. The summed E-state index contributed by atoms with van der Waals surface area (Å²) in [4.78, 5) is 2.38. The molecule has 0 spiro atoms. The molecule has 0 radical (unpaired) electrons. The Morgan fingerprint density at radius 1 is 1.14 bits per heavy atom. The largest absolute Gasteiger partial charge is 0.360 e. The van der Waals surface area contributed by atoms with Crippen molar-refractivity contribution in [2.24, 2.45) is 0 Å². The average Bonchev–Trinajstić information content (AvgIpc) is 2.47. The van der Waals surface area contributed by atoms with Crippen molar-refractivity contribution in [2.45, 2.75) is 31.7 Å². The molecule has 1 aromatic carbocycles. The van der Waals surface area contributed by atoms with E-state index in [1.807, 2.05) is 37.8 Å². The highest BCUT2D eigenvalue weighted by Gasteiger charge is 2.29. The average molecular weight is 342 g/mol. The first kappa shape index (κ1) is 17.2. The lowest BCUT2D eigenvalue weighted by atomic mass is 10.2. The van der Waals surface area contributed by atoms with E-state index in [-0.39, 0.29) is 6.04 Å². The van der Waals surface area contributed by atoms with Crippen molar-refractivity contribution < 1.29 is 8.42 Å². The summed E-state index contributed by atoms with van der Waals surface area (Å²) >= 11 is 5.34. The summed E-state index contributed by atoms with van der Waals surface area (Å²) < 4.78 is 26.8. The third-order valence-corrected chi connectivity index (χ3v) is 5.89. The highest BCUT2D eigenvalue weighted by Crippen LogP contribution is 2.18. The zero-order valence-corrected chi connectivity index (χ0v) is 14.9. The van der Waals surface area contributed by atoms with E-state index < -0.39 is 10.0 Å². The molecule has 7 heteroatoms. The Bertz CT molecular complexity index is 619. The van der Waals surface area contributed by atoms with Crippen LogP contribution in [0.3, 0.4) is 0 Å². The van der Waals surface area contributed by atoms with Gasteiger partial charge in [-0.1, -0.05) is 17.7 Å². The molecule has 1 aromatic rings. The molecule has 0 aromatic heterocycles. The smallest absolute Gasteiger partial charge is 0.243 e. The van der Waals surface area contributed by atoms with E-state index in [1.165, 1.54) is 4.31 Å². The van der Waals surface area contributed by atoms with Crippen LogP contribution in [0.2, 0.25) is 0 Å². The van der Waals surface area contributed by atoms with Crippen molar-refractivity contribution in [3.8, 4) is 0 Å². The van der Waals surface area contributed by atoms with Crippen LogP contribution in [0.25, 0.3) is 0 Å². The van der Waals surface area contributed by atoms with Gasteiger partial charge in [0, 0.05) is 32.2 Å². The zero-order valence-electron chi connectivity index (χ0n) is 13.2. The molecule has 22 heavy (non-hydrogen) atoms. The van der Waals surface area contributed by atoms with Gasteiger partial charge < -0.3 is 10.2 Å². The fourth-order valence-electron chi connectivity index (χ4n) is 2.33. The standard InChI is InChI=1S/C15H23N3O2S2/c1-12(2)16-15(21)17-8-10-18(11-9-17)22(19,20)14-6-4-13(3)5-7-14/h4-7,12H,8-11H2,1-3H3,(H,16,21). The van der Waals surface area contributed by atoms with Crippen LogP contribution in [0.5, 0.6) is 0 Å². The Kier molecular flexibility index (Phi) is 5.41. The lowest BCUT2D eigenvalue weighted by Gasteiger charge is -2.36. The molecule has 1 aliphatic rings. The molecule has 122 valence electrons. The number of hydrogen-bond acceptors (Lipinski definition) is 3. The highest BCUT2D eigenvalue weighted by molar-refractivity contribution is 7.89. The van der Waals surface area contributed by atoms with Crippen LogP contribution in [0, 0.1) is 6.92 Å². The predicted molar refractivity (Wildman–Crippen MR) is 92.4 cm³/mol. The van der Waals surface area contributed by atoms with Gasteiger partial charge in [0.1, 0.15) is 0 Å². The summed E-state index contributed by atoms with van der Waals surface area (Å²) in [7, 11) is -3.41.